The van der Waals surface area contributed by atoms with E-state index < -0.39 is 0 Å². The SMILES string of the molecule is Nc1ccc(CN(Cc2ccc(Cl)cc2)Cc2ccc(Cl)cc2)cc1. The molecule has 128 valence electrons. The maximum atomic E-state index is 6.00. The number of anilines is 1. The molecule has 0 heterocycles. The smallest absolute Gasteiger partial charge is 0.0406 e. The minimum atomic E-state index is 0.756. The number of rotatable bonds is 6. The monoisotopic (exact) mass is 370 g/mol. The molecule has 0 atom stereocenters. The molecule has 2 nitrogen and oxygen atoms in total. The highest BCUT2D eigenvalue weighted by atomic mass is 35.5. The van der Waals surface area contributed by atoms with Crippen LogP contribution in [0.4, 0.5) is 5.69 Å². The number of hydrogen-bond acceptors (Lipinski definition) is 2. The van der Waals surface area contributed by atoms with Gasteiger partial charge < -0.3 is 5.73 Å². The molecular formula is C21H20Cl2N2. The second-order valence-electron chi connectivity index (χ2n) is 6.14. The molecule has 3 aromatic carbocycles. The summed E-state index contributed by atoms with van der Waals surface area (Å²) in [4.78, 5) is 2.39. The topological polar surface area (TPSA) is 29.3 Å². The summed E-state index contributed by atoms with van der Waals surface area (Å²) in [5.74, 6) is 0. The van der Waals surface area contributed by atoms with Gasteiger partial charge in [-0.15, -0.1) is 0 Å². The Bertz CT molecular complexity index is 684. The second-order valence-corrected chi connectivity index (χ2v) is 7.01. The molecule has 0 bridgehead atoms. The van der Waals surface area contributed by atoms with E-state index in [1.807, 2.05) is 36.4 Å². The summed E-state index contributed by atoms with van der Waals surface area (Å²) < 4.78 is 0. The van der Waals surface area contributed by atoms with Gasteiger partial charge in [0.2, 0.25) is 0 Å². The third-order valence-electron chi connectivity index (χ3n) is 4.02. The van der Waals surface area contributed by atoms with E-state index in [9.17, 15) is 0 Å². The molecular weight excluding hydrogens is 351 g/mol. The van der Waals surface area contributed by atoms with Crippen LogP contribution in [0.2, 0.25) is 10.0 Å². The highest BCUT2D eigenvalue weighted by molar-refractivity contribution is 6.30. The molecule has 0 aliphatic heterocycles. The van der Waals surface area contributed by atoms with Gasteiger partial charge in [0.05, 0.1) is 0 Å². The summed E-state index contributed by atoms with van der Waals surface area (Å²) in [5.41, 5.74) is 10.3. The number of nitrogen functional groups attached to an aromatic ring is 1. The molecule has 2 N–H and O–H groups in total. The predicted octanol–water partition coefficient (Wildman–Crippen LogP) is 5.78. The summed E-state index contributed by atoms with van der Waals surface area (Å²) in [6, 6.07) is 24.0. The van der Waals surface area contributed by atoms with Gasteiger partial charge in [-0.05, 0) is 53.1 Å². The van der Waals surface area contributed by atoms with Gasteiger partial charge in [-0.1, -0.05) is 59.6 Å². The van der Waals surface area contributed by atoms with Crippen LogP contribution >= 0.6 is 23.2 Å². The first-order valence-corrected chi connectivity index (χ1v) is 8.90. The van der Waals surface area contributed by atoms with Crippen LogP contribution in [0.25, 0.3) is 0 Å². The molecule has 0 radical (unpaired) electrons. The van der Waals surface area contributed by atoms with E-state index >= 15 is 0 Å². The Morgan fingerprint density at radius 3 is 1.24 bits per heavy atom. The molecule has 3 aromatic rings. The third kappa shape index (κ3) is 5.50. The van der Waals surface area contributed by atoms with Crippen LogP contribution in [0, 0.1) is 0 Å². The Hall–Kier alpha value is -2.00. The van der Waals surface area contributed by atoms with Gasteiger partial charge in [0, 0.05) is 35.4 Å². The molecule has 0 fully saturated rings. The van der Waals surface area contributed by atoms with Gasteiger partial charge in [-0.25, -0.2) is 0 Å². The lowest BCUT2D eigenvalue weighted by Crippen LogP contribution is -2.22. The number of benzene rings is 3. The average molecular weight is 371 g/mol. The maximum absolute atomic E-state index is 6.00. The highest BCUT2D eigenvalue weighted by Gasteiger charge is 2.09. The fraction of sp³-hybridized carbons (Fsp3) is 0.143. The van der Waals surface area contributed by atoms with Crippen molar-refractivity contribution in [3.05, 3.63) is 99.5 Å². The third-order valence-corrected chi connectivity index (χ3v) is 4.53. The molecule has 4 heteroatoms. The molecule has 0 saturated heterocycles. The minimum Gasteiger partial charge on any atom is -0.399 e. The van der Waals surface area contributed by atoms with Crippen LogP contribution in [0.3, 0.4) is 0 Å². The van der Waals surface area contributed by atoms with Crippen molar-refractivity contribution < 1.29 is 0 Å². The lowest BCUT2D eigenvalue weighted by atomic mass is 10.1. The van der Waals surface area contributed by atoms with Gasteiger partial charge in [-0.2, -0.15) is 0 Å². The zero-order valence-corrected chi connectivity index (χ0v) is 15.3. The standard InChI is InChI=1S/C21H20Cl2N2/c22-19-7-1-16(2-8-19)13-25(14-17-3-9-20(23)10-4-17)15-18-5-11-21(24)12-6-18/h1-12H,13-15,24H2. The molecule has 0 amide bonds. The Kier molecular flexibility index (Phi) is 5.98. The summed E-state index contributed by atoms with van der Waals surface area (Å²) in [5, 5.41) is 1.51. The summed E-state index contributed by atoms with van der Waals surface area (Å²) in [6.45, 7) is 2.51. The number of nitrogens with zero attached hydrogens (tertiary/aromatic N) is 1. The molecule has 25 heavy (non-hydrogen) atoms. The van der Waals surface area contributed by atoms with E-state index in [1.54, 1.807) is 0 Å². The van der Waals surface area contributed by atoms with E-state index in [2.05, 4.69) is 41.3 Å². The van der Waals surface area contributed by atoms with Crippen LogP contribution < -0.4 is 5.73 Å². The van der Waals surface area contributed by atoms with Crippen LogP contribution in [-0.4, -0.2) is 4.90 Å². The molecule has 0 aliphatic carbocycles. The van der Waals surface area contributed by atoms with E-state index in [0.717, 1.165) is 35.4 Å². The van der Waals surface area contributed by atoms with Crippen LogP contribution in [0.5, 0.6) is 0 Å². The van der Waals surface area contributed by atoms with E-state index in [-0.39, 0.29) is 0 Å². The Labute approximate surface area is 158 Å². The molecule has 3 rings (SSSR count). The van der Waals surface area contributed by atoms with Gasteiger partial charge >= 0.3 is 0 Å². The molecule has 0 saturated carbocycles. The van der Waals surface area contributed by atoms with Crippen molar-refractivity contribution >= 4 is 28.9 Å². The van der Waals surface area contributed by atoms with Crippen molar-refractivity contribution in [2.75, 3.05) is 5.73 Å². The molecule has 0 aromatic heterocycles. The number of hydrogen-bond donors (Lipinski definition) is 1. The van der Waals surface area contributed by atoms with E-state index in [4.69, 9.17) is 28.9 Å². The van der Waals surface area contributed by atoms with E-state index in [1.165, 1.54) is 16.7 Å². The summed E-state index contributed by atoms with van der Waals surface area (Å²) in [6.07, 6.45) is 0. The fourth-order valence-corrected chi connectivity index (χ4v) is 3.00. The van der Waals surface area contributed by atoms with Crippen LogP contribution in [0.1, 0.15) is 16.7 Å². The summed E-state index contributed by atoms with van der Waals surface area (Å²) in [7, 11) is 0. The van der Waals surface area contributed by atoms with Crippen LogP contribution in [0.15, 0.2) is 72.8 Å². The first kappa shape index (κ1) is 17.8. The largest absolute Gasteiger partial charge is 0.399 e. The van der Waals surface area contributed by atoms with E-state index in [0.29, 0.717) is 0 Å². The quantitative estimate of drug-likeness (QED) is 0.557. The van der Waals surface area contributed by atoms with Crippen molar-refractivity contribution in [2.24, 2.45) is 0 Å². The Morgan fingerprint density at radius 2 is 0.880 bits per heavy atom. The number of nitrogens with two attached hydrogens (primary N) is 1. The second kappa shape index (κ2) is 8.39. The minimum absolute atomic E-state index is 0.756. The van der Waals surface area contributed by atoms with Gasteiger partial charge in [0.15, 0.2) is 0 Å². The maximum Gasteiger partial charge on any atom is 0.0406 e. The Morgan fingerprint density at radius 1 is 0.560 bits per heavy atom. The number of halogens is 2. The first-order valence-electron chi connectivity index (χ1n) is 8.14. The van der Waals surface area contributed by atoms with Gasteiger partial charge in [0.1, 0.15) is 0 Å². The first-order chi connectivity index (χ1) is 12.1. The van der Waals surface area contributed by atoms with Crippen molar-refractivity contribution in [3.8, 4) is 0 Å². The van der Waals surface area contributed by atoms with Crippen molar-refractivity contribution in [1.82, 2.24) is 4.90 Å². The van der Waals surface area contributed by atoms with Crippen molar-refractivity contribution in [3.63, 3.8) is 0 Å². The Balaban J connectivity index is 1.77. The lowest BCUT2D eigenvalue weighted by molar-refractivity contribution is 0.248. The van der Waals surface area contributed by atoms with Crippen molar-refractivity contribution in [2.45, 2.75) is 19.6 Å². The summed E-state index contributed by atoms with van der Waals surface area (Å²) >= 11 is 12.0. The predicted molar refractivity (Wildman–Crippen MR) is 107 cm³/mol. The fourth-order valence-electron chi connectivity index (χ4n) is 2.74. The van der Waals surface area contributed by atoms with Crippen LogP contribution in [-0.2, 0) is 19.6 Å². The zero-order chi connectivity index (χ0) is 17.6. The highest BCUT2D eigenvalue weighted by Crippen LogP contribution is 2.18. The van der Waals surface area contributed by atoms with Crippen molar-refractivity contribution in [1.29, 1.82) is 0 Å². The van der Waals surface area contributed by atoms with Gasteiger partial charge in [0.25, 0.3) is 0 Å². The molecule has 0 unspecified atom stereocenters. The average Bonchev–Trinajstić information content (AvgIpc) is 2.61. The molecule has 0 spiro atoms. The lowest BCUT2D eigenvalue weighted by Gasteiger charge is -2.23. The van der Waals surface area contributed by atoms with Gasteiger partial charge in [-0.3, -0.25) is 4.90 Å². The zero-order valence-electron chi connectivity index (χ0n) is 13.8. The molecule has 0 aliphatic rings. The normalized spacial score (nSPS) is 11.0.